The van der Waals surface area contributed by atoms with Crippen LogP contribution >= 0.6 is 15.9 Å². The molecule has 0 fully saturated rings. The lowest BCUT2D eigenvalue weighted by molar-refractivity contribution is 0.173. The van der Waals surface area contributed by atoms with Gasteiger partial charge < -0.3 is 5.11 Å². The van der Waals surface area contributed by atoms with Crippen molar-refractivity contribution in [2.24, 2.45) is 0 Å². The van der Waals surface area contributed by atoms with Crippen molar-refractivity contribution in [2.45, 2.75) is 19.4 Å². The highest BCUT2D eigenvalue weighted by atomic mass is 79.9. The molecule has 0 aliphatic rings. The minimum Gasteiger partial charge on any atom is -0.388 e. The van der Waals surface area contributed by atoms with Crippen molar-refractivity contribution in [2.75, 3.05) is 0 Å². The van der Waals surface area contributed by atoms with Crippen LogP contribution in [0.4, 0.5) is 0 Å². The Hall–Kier alpha value is -0.340. The lowest BCUT2D eigenvalue weighted by Gasteiger charge is -2.06. The van der Waals surface area contributed by atoms with Gasteiger partial charge in [-0.05, 0) is 24.1 Å². The SMILES string of the molecule is CC[C@@H](O)c1ccc(Br)cc1. The number of aliphatic hydroxyl groups is 1. The van der Waals surface area contributed by atoms with Crippen LogP contribution in [-0.4, -0.2) is 5.11 Å². The minimum atomic E-state index is -0.317. The summed E-state index contributed by atoms with van der Waals surface area (Å²) in [5.41, 5.74) is 0.982. The molecular formula is C9H11BrO. The third kappa shape index (κ3) is 2.31. The molecule has 0 spiro atoms. The summed E-state index contributed by atoms with van der Waals surface area (Å²) in [4.78, 5) is 0. The van der Waals surface area contributed by atoms with Crippen LogP contribution in [0.2, 0.25) is 0 Å². The van der Waals surface area contributed by atoms with Crippen molar-refractivity contribution in [3.63, 3.8) is 0 Å². The Morgan fingerprint density at radius 1 is 1.36 bits per heavy atom. The first-order valence-corrected chi connectivity index (χ1v) is 4.47. The minimum absolute atomic E-state index is 0.317. The van der Waals surface area contributed by atoms with Gasteiger partial charge in [0.05, 0.1) is 6.10 Å². The second kappa shape index (κ2) is 3.88. The Bertz CT molecular complexity index is 218. The molecule has 0 bridgehead atoms. The molecule has 0 aliphatic heterocycles. The standard InChI is InChI=1S/C9H11BrO/c1-2-9(11)7-3-5-8(10)6-4-7/h3-6,9,11H,2H2,1H3/t9-/m1/s1. The molecule has 0 radical (unpaired) electrons. The highest BCUT2D eigenvalue weighted by Crippen LogP contribution is 2.18. The van der Waals surface area contributed by atoms with Crippen LogP contribution in [-0.2, 0) is 0 Å². The molecule has 11 heavy (non-hydrogen) atoms. The normalized spacial score (nSPS) is 13.0. The van der Waals surface area contributed by atoms with Gasteiger partial charge in [-0.2, -0.15) is 0 Å². The Labute approximate surface area is 75.2 Å². The summed E-state index contributed by atoms with van der Waals surface area (Å²) in [5.74, 6) is 0. The van der Waals surface area contributed by atoms with Gasteiger partial charge >= 0.3 is 0 Å². The topological polar surface area (TPSA) is 20.2 Å². The van der Waals surface area contributed by atoms with E-state index in [0.717, 1.165) is 16.5 Å². The first kappa shape index (κ1) is 8.75. The van der Waals surface area contributed by atoms with Crippen LogP contribution in [0.15, 0.2) is 28.7 Å². The molecule has 2 heteroatoms. The molecule has 0 unspecified atom stereocenters. The molecule has 1 nitrogen and oxygen atoms in total. The van der Waals surface area contributed by atoms with Gasteiger partial charge in [0.2, 0.25) is 0 Å². The fourth-order valence-corrected chi connectivity index (χ4v) is 1.18. The average Bonchev–Trinajstić information content (AvgIpc) is 2.05. The third-order valence-corrected chi connectivity index (χ3v) is 2.17. The fourth-order valence-electron chi connectivity index (χ4n) is 0.921. The largest absolute Gasteiger partial charge is 0.388 e. The van der Waals surface area contributed by atoms with E-state index in [2.05, 4.69) is 15.9 Å². The number of hydrogen-bond donors (Lipinski definition) is 1. The lowest BCUT2D eigenvalue weighted by atomic mass is 10.1. The van der Waals surface area contributed by atoms with Crippen molar-refractivity contribution in [3.8, 4) is 0 Å². The second-order valence-corrected chi connectivity index (χ2v) is 3.39. The Morgan fingerprint density at radius 3 is 2.36 bits per heavy atom. The Morgan fingerprint density at radius 2 is 1.91 bits per heavy atom. The first-order valence-electron chi connectivity index (χ1n) is 3.67. The maximum absolute atomic E-state index is 9.40. The van der Waals surface area contributed by atoms with Gasteiger partial charge in [0, 0.05) is 4.47 Å². The highest BCUT2D eigenvalue weighted by Gasteiger charge is 2.02. The molecule has 1 rings (SSSR count). The molecule has 1 atom stereocenters. The number of aliphatic hydroxyl groups excluding tert-OH is 1. The zero-order chi connectivity index (χ0) is 8.27. The molecule has 0 heterocycles. The molecule has 60 valence electrons. The van der Waals surface area contributed by atoms with Gasteiger partial charge in [0.25, 0.3) is 0 Å². The van der Waals surface area contributed by atoms with Crippen LogP contribution in [0.25, 0.3) is 0 Å². The average molecular weight is 215 g/mol. The molecule has 1 N–H and O–H groups in total. The van der Waals surface area contributed by atoms with E-state index in [0.29, 0.717) is 0 Å². The Balaban J connectivity index is 2.81. The first-order chi connectivity index (χ1) is 5.24. The molecule has 1 aromatic carbocycles. The summed E-state index contributed by atoms with van der Waals surface area (Å²) in [5, 5.41) is 9.40. The number of halogens is 1. The quantitative estimate of drug-likeness (QED) is 0.804. The number of hydrogen-bond acceptors (Lipinski definition) is 1. The van der Waals surface area contributed by atoms with E-state index in [9.17, 15) is 5.11 Å². The number of benzene rings is 1. The van der Waals surface area contributed by atoms with E-state index >= 15 is 0 Å². The molecule has 0 amide bonds. The van der Waals surface area contributed by atoms with E-state index in [1.54, 1.807) is 0 Å². The second-order valence-electron chi connectivity index (χ2n) is 2.48. The van der Waals surface area contributed by atoms with Gasteiger partial charge in [-0.25, -0.2) is 0 Å². The van der Waals surface area contributed by atoms with E-state index in [1.807, 2.05) is 31.2 Å². The summed E-state index contributed by atoms with van der Waals surface area (Å²) >= 11 is 3.33. The highest BCUT2D eigenvalue weighted by molar-refractivity contribution is 9.10. The van der Waals surface area contributed by atoms with Crippen LogP contribution in [0.3, 0.4) is 0 Å². The van der Waals surface area contributed by atoms with Crippen LogP contribution < -0.4 is 0 Å². The smallest absolute Gasteiger partial charge is 0.0787 e. The van der Waals surface area contributed by atoms with Crippen molar-refractivity contribution in [3.05, 3.63) is 34.3 Å². The maximum atomic E-state index is 9.40. The summed E-state index contributed by atoms with van der Waals surface area (Å²) in [7, 11) is 0. The van der Waals surface area contributed by atoms with E-state index in [4.69, 9.17) is 0 Å². The summed E-state index contributed by atoms with van der Waals surface area (Å²) in [6, 6.07) is 7.74. The van der Waals surface area contributed by atoms with E-state index in [-0.39, 0.29) is 6.10 Å². The molecule has 1 aromatic rings. The maximum Gasteiger partial charge on any atom is 0.0787 e. The van der Waals surface area contributed by atoms with E-state index < -0.39 is 0 Å². The molecular weight excluding hydrogens is 204 g/mol. The summed E-state index contributed by atoms with van der Waals surface area (Å²) in [6.45, 7) is 1.96. The van der Waals surface area contributed by atoms with Gasteiger partial charge in [0.1, 0.15) is 0 Å². The predicted molar refractivity (Wildman–Crippen MR) is 49.4 cm³/mol. The monoisotopic (exact) mass is 214 g/mol. The van der Waals surface area contributed by atoms with Crippen molar-refractivity contribution in [1.29, 1.82) is 0 Å². The van der Waals surface area contributed by atoms with Gasteiger partial charge in [-0.1, -0.05) is 35.0 Å². The van der Waals surface area contributed by atoms with Crippen LogP contribution in [0.1, 0.15) is 25.0 Å². The van der Waals surface area contributed by atoms with Gasteiger partial charge in [-0.15, -0.1) is 0 Å². The van der Waals surface area contributed by atoms with Crippen molar-refractivity contribution < 1.29 is 5.11 Å². The molecule has 0 saturated carbocycles. The molecule has 0 saturated heterocycles. The van der Waals surface area contributed by atoms with Crippen molar-refractivity contribution in [1.82, 2.24) is 0 Å². The van der Waals surface area contributed by atoms with Gasteiger partial charge in [-0.3, -0.25) is 0 Å². The zero-order valence-electron chi connectivity index (χ0n) is 6.42. The van der Waals surface area contributed by atoms with Crippen LogP contribution in [0.5, 0.6) is 0 Å². The van der Waals surface area contributed by atoms with Crippen LogP contribution in [0, 0.1) is 0 Å². The fraction of sp³-hybridized carbons (Fsp3) is 0.333. The van der Waals surface area contributed by atoms with Crippen molar-refractivity contribution >= 4 is 15.9 Å². The Kier molecular flexibility index (Phi) is 3.09. The molecule has 0 aromatic heterocycles. The number of rotatable bonds is 2. The van der Waals surface area contributed by atoms with E-state index in [1.165, 1.54) is 0 Å². The molecule has 0 aliphatic carbocycles. The summed E-state index contributed by atoms with van der Waals surface area (Å²) in [6.07, 6.45) is 0.449. The predicted octanol–water partition coefficient (Wildman–Crippen LogP) is 2.89. The lowest BCUT2D eigenvalue weighted by Crippen LogP contribution is -1.93. The van der Waals surface area contributed by atoms with Gasteiger partial charge in [0.15, 0.2) is 0 Å². The zero-order valence-corrected chi connectivity index (χ0v) is 8.01. The summed E-state index contributed by atoms with van der Waals surface area (Å²) < 4.78 is 1.05. The third-order valence-electron chi connectivity index (χ3n) is 1.64.